The molecule has 1 N–H and O–H groups in total. The molecule has 21 heavy (non-hydrogen) atoms. The monoisotopic (exact) mass is 363 g/mol. The van der Waals surface area contributed by atoms with E-state index < -0.39 is 0 Å². The van der Waals surface area contributed by atoms with Gasteiger partial charge < -0.3 is 5.32 Å². The molecule has 112 valence electrons. The van der Waals surface area contributed by atoms with Crippen molar-refractivity contribution >= 4 is 33.4 Å². The molecule has 0 aliphatic heterocycles. The molecule has 0 atom stereocenters. The average Bonchev–Trinajstić information content (AvgIpc) is 2.45. The summed E-state index contributed by atoms with van der Waals surface area (Å²) in [5.41, 5.74) is 2.79. The summed E-state index contributed by atoms with van der Waals surface area (Å²) in [6, 6.07) is 17.2. The van der Waals surface area contributed by atoms with Crippen molar-refractivity contribution in [2.45, 2.75) is 31.1 Å². The van der Waals surface area contributed by atoms with Crippen molar-refractivity contribution in [3.05, 3.63) is 58.6 Å². The Kier molecular flexibility index (Phi) is 5.77. The van der Waals surface area contributed by atoms with Crippen molar-refractivity contribution in [1.82, 2.24) is 0 Å². The molecule has 0 fully saturated rings. The second-order valence-corrected chi connectivity index (χ2v) is 8.14. The normalized spacial score (nSPS) is 11.4. The Balaban J connectivity index is 1.77. The predicted molar refractivity (Wildman–Crippen MR) is 98.5 cm³/mol. The standard InChI is InChI=1S/C18H22BrNS/c1-18(2,3)14-4-10-17(11-5-14)21-13-12-20-16-8-6-15(19)7-9-16/h4-11,20H,12-13H2,1-3H3. The molecule has 0 spiro atoms. The molecular formula is C18H22BrNS. The number of hydrogen-bond acceptors (Lipinski definition) is 2. The Morgan fingerprint density at radius 1 is 0.952 bits per heavy atom. The van der Waals surface area contributed by atoms with Gasteiger partial charge in [-0.2, -0.15) is 0 Å². The lowest BCUT2D eigenvalue weighted by Gasteiger charge is -2.19. The van der Waals surface area contributed by atoms with E-state index in [0.717, 1.165) is 16.8 Å². The molecule has 2 rings (SSSR count). The Labute approximate surface area is 140 Å². The lowest BCUT2D eigenvalue weighted by Crippen LogP contribution is -2.10. The van der Waals surface area contributed by atoms with Gasteiger partial charge in [0, 0.05) is 27.4 Å². The van der Waals surface area contributed by atoms with E-state index in [1.54, 1.807) is 0 Å². The van der Waals surface area contributed by atoms with Crippen LogP contribution in [0.2, 0.25) is 0 Å². The SMILES string of the molecule is CC(C)(C)c1ccc(SCCNc2ccc(Br)cc2)cc1. The Bertz CT molecular complexity index is 555. The number of halogens is 1. The molecule has 2 aromatic carbocycles. The van der Waals surface area contributed by atoms with E-state index in [9.17, 15) is 0 Å². The number of thioether (sulfide) groups is 1. The van der Waals surface area contributed by atoms with E-state index >= 15 is 0 Å². The lowest BCUT2D eigenvalue weighted by atomic mass is 9.87. The smallest absolute Gasteiger partial charge is 0.0341 e. The van der Waals surface area contributed by atoms with Gasteiger partial charge in [-0.1, -0.05) is 48.8 Å². The zero-order valence-corrected chi connectivity index (χ0v) is 15.2. The first kappa shape index (κ1) is 16.4. The fourth-order valence-electron chi connectivity index (χ4n) is 1.98. The number of rotatable bonds is 5. The van der Waals surface area contributed by atoms with E-state index in [1.807, 2.05) is 11.8 Å². The summed E-state index contributed by atoms with van der Waals surface area (Å²) >= 11 is 5.34. The third kappa shape index (κ3) is 5.40. The minimum absolute atomic E-state index is 0.229. The van der Waals surface area contributed by atoms with Gasteiger partial charge in [-0.3, -0.25) is 0 Å². The summed E-state index contributed by atoms with van der Waals surface area (Å²) in [6.07, 6.45) is 0. The van der Waals surface area contributed by atoms with E-state index in [2.05, 4.69) is 90.5 Å². The van der Waals surface area contributed by atoms with Crippen LogP contribution in [0.15, 0.2) is 57.9 Å². The van der Waals surface area contributed by atoms with Crippen molar-refractivity contribution in [3.63, 3.8) is 0 Å². The highest BCUT2D eigenvalue weighted by Crippen LogP contribution is 2.25. The van der Waals surface area contributed by atoms with E-state index in [4.69, 9.17) is 0 Å². The molecule has 0 unspecified atom stereocenters. The number of nitrogens with one attached hydrogen (secondary N) is 1. The second-order valence-electron chi connectivity index (χ2n) is 6.06. The molecule has 3 heteroatoms. The topological polar surface area (TPSA) is 12.0 Å². The second kappa shape index (κ2) is 7.37. The van der Waals surface area contributed by atoms with Crippen LogP contribution in [0.25, 0.3) is 0 Å². The molecule has 0 aromatic heterocycles. The Morgan fingerprint density at radius 2 is 1.57 bits per heavy atom. The van der Waals surface area contributed by atoms with Gasteiger partial charge >= 0.3 is 0 Å². The van der Waals surface area contributed by atoms with Crippen molar-refractivity contribution < 1.29 is 0 Å². The molecule has 0 amide bonds. The van der Waals surface area contributed by atoms with Gasteiger partial charge in [0.15, 0.2) is 0 Å². The first-order valence-electron chi connectivity index (χ1n) is 7.18. The largest absolute Gasteiger partial charge is 0.384 e. The van der Waals surface area contributed by atoms with Crippen LogP contribution >= 0.6 is 27.7 Å². The highest BCUT2D eigenvalue weighted by Gasteiger charge is 2.12. The molecular weight excluding hydrogens is 342 g/mol. The average molecular weight is 364 g/mol. The highest BCUT2D eigenvalue weighted by atomic mass is 79.9. The van der Waals surface area contributed by atoms with Crippen LogP contribution in [0, 0.1) is 0 Å². The van der Waals surface area contributed by atoms with Crippen LogP contribution in [-0.4, -0.2) is 12.3 Å². The highest BCUT2D eigenvalue weighted by molar-refractivity contribution is 9.10. The van der Waals surface area contributed by atoms with Crippen LogP contribution in [0.5, 0.6) is 0 Å². The van der Waals surface area contributed by atoms with Crippen LogP contribution in [-0.2, 0) is 5.41 Å². The maximum atomic E-state index is 3.45. The first-order chi connectivity index (χ1) is 9.95. The molecule has 1 nitrogen and oxygen atoms in total. The van der Waals surface area contributed by atoms with Crippen molar-refractivity contribution in [3.8, 4) is 0 Å². The van der Waals surface area contributed by atoms with Gasteiger partial charge in [0.05, 0.1) is 0 Å². The Morgan fingerprint density at radius 3 is 2.14 bits per heavy atom. The number of anilines is 1. The third-order valence-corrected chi connectivity index (χ3v) is 4.81. The van der Waals surface area contributed by atoms with Crippen LogP contribution in [0.3, 0.4) is 0 Å². The molecule has 0 saturated carbocycles. The fourth-order valence-corrected chi connectivity index (χ4v) is 3.02. The summed E-state index contributed by atoms with van der Waals surface area (Å²) in [5, 5.41) is 3.44. The molecule has 0 bridgehead atoms. The number of hydrogen-bond donors (Lipinski definition) is 1. The van der Waals surface area contributed by atoms with Gasteiger partial charge in [0.25, 0.3) is 0 Å². The summed E-state index contributed by atoms with van der Waals surface area (Å²) in [5.74, 6) is 1.06. The van der Waals surface area contributed by atoms with Gasteiger partial charge in [-0.25, -0.2) is 0 Å². The quantitative estimate of drug-likeness (QED) is 0.520. The van der Waals surface area contributed by atoms with Crippen molar-refractivity contribution in [2.24, 2.45) is 0 Å². The number of benzene rings is 2. The van der Waals surface area contributed by atoms with Gasteiger partial charge in [-0.15, -0.1) is 11.8 Å². The van der Waals surface area contributed by atoms with Crippen LogP contribution in [0.4, 0.5) is 5.69 Å². The van der Waals surface area contributed by atoms with Gasteiger partial charge in [0.2, 0.25) is 0 Å². The summed E-state index contributed by atoms with van der Waals surface area (Å²) in [6.45, 7) is 7.71. The van der Waals surface area contributed by atoms with Crippen LogP contribution < -0.4 is 5.32 Å². The van der Waals surface area contributed by atoms with E-state index in [1.165, 1.54) is 16.1 Å². The summed E-state index contributed by atoms with van der Waals surface area (Å²) < 4.78 is 1.11. The zero-order valence-electron chi connectivity index (χ0n) is 12.8. The molecule has 0 aliphatic carbocycles. The minimum atomic E-state index is 0.229. The molecule has 2 aromatic rings. The van der Waals surface area contributed by atoms with E-state index in [0.29, 0.717) is 0 Å². The summed E-state index contributed by atoms with van der Waals surface area (Å²) in [7, 11) is 0. The van der Waals surface area contributed by atoms with Gasteiger partial charge in [0.1, 0.15) is 0 Å². The maximum Gasteiger partial charge on any atom is 0.0341 e. The first-order valence-corrected chi connectivity index (χ1v) is 8.96. The fraction of sp³-hybridized carbons (Fsp3) is 0.333. The van der Waals surface area contributed by atoms with Crippen molar-refractivity contribution in [1.29, 1.82) is 0 Å². The summed E-state index contributed by atoms with van der Waals surface area (Å²) in [4.78, 5) is 1.33. The molecule has 0 radical (unpaired) electrons. The maximum absolute atomic E-state index is 3.45. The molecule has 0 heterocycles. The lowest BCUT2D eigenvalue weighted by molar-refractivity contribution is 0.590. The van der Waals surface area contributed by atoms with Crippen LogP contribution in [0.1, 0.15) is 26.3 Å². The Hall–Kier alpha value is -0.930. The molecule has 0 aliphatic rings. The van der Waals surface area contributed by atoms with Gasteiger partial charge in [-0.05, 0) is 47.4 Å². The van der Waals surface area contributed by atoms with Crippen molar-refractivity contribution in [2.75, 3.05) is 17.6 Å². The zero-order chi connectivity index (χ0) is 15.3. The molecule has 0 saturated heterocycles. The third-order valence-electron chi connectivity index (χ3n) is 3.26. The minimum Gasteiger partial charge on any atom is -0.384 e. The predicted octanol–water partition coefficient (Wildman–Crippen LogP) is 5.95. The van der Waals surface area contributed by atoms with E-state index in [-0.39, 0.29) is 5.41 Å².